The Labute approximate surface area is 234 Å². The SMILES string of the molecule is COc1ccc2cc1OCCCCN(C(=O)c1ccccc1-c1ncn[nH]1)CC(=O)NC[C@H]1C[C@H]2N2CCC[C@@H]12. The third-order valence-corrected chi connectivity index (χ3v) is 8.48. The molecule has 3 aliphatic heterocycles. The monoisotopic (exact) mass is 544 g/mol. The summed E-state index contributed by atoms with van der Waals surface area (Å²) in [6.45, 7) is 2.59. The fourth-order valence-electron chi connectivity index (χ4n) is 6.54. The number of nitrogens with one attached hydrogen (secondary N) is 2. The molecular weight excluding hydrogens is 508 g/mol. The molecule has 2 saturated heterocycles. The molecule has 3 aromatic rings. The van der Waals surface area contributed by atoms with Crippen molar-refractivity contribution in [3.8, 4) is 22.9 Å². The molecule has 0 spiro atoms. The number of hydrogen-bond acceptors (Lipinski definition) is 7. The van der Waals surface area contributed by atoms with Crippen LogP contribution in [0, 0.1) is 5.92 Å². The van der Waals surface area contributed by atoms with E-state index in [2.05, 4.69) is 37.5 Å². The summed E-state index contributed by atoms with van der Waals surface area (Å²) in [4.78, 5) is 35.5. The number of benzene rings is 2. The third kappa shape index (κ3) is 5.28. The van der Waals surface area contributed by atoms with Gasteiger partial charge in [-0.25, -0.2) is 4.98 Å². The van der Waals surface area contributed by atoms with Crippen LogP contribution < -0.4 is 14.8 Å². The predicted molar refractivity (Wildman–Crippen MR) is 149 cm³/mol. The van der Waals surface area contributed by atoms with Gasteiger partial charge in [-0.1, -0.05) is 24.3 Å². The number of ether oxygens (including phenoxy) is 2. The van der Waals surface area contributed by atoms with E-state index in [9.17, 15) is 9.59 Å². The lowest BCUT2D eigenvalue weighted by atomic mass is 9.94. The molecule has 210 valence electrons. The molecule has 3 aliphatic rings. The van der Waals surface area contributed by atoms with Crippen LogP contribution in [0.5, 0.6) is 11.5 Å². The van der Waals surface area contributed by atoms with E-state index in [1.54, 1.807) is 18.1 Å². The van der Waals surface area contributed by atoms with E-state index in [-0.39, 0.29) is 18.4 Å². The van der Waals surface area contributed by atoms with Gasteiger partial charge in [0, 0.05) is 30.7 Å². The fourth-order valence-corrected chi connectivity index (χ4v) is 6.54. The molecule has 10 nitrogen and oxygen atoms in total. The standard InChI is InChI=1S/C30H36N6O4/c1-39-26-11-10-20-16-27(26)40-14-5-4-12-35(30(38)23-8-3-2-7-22(23)29-32-19-33-34-29)18-28(37)31-17-21-15-25(20)36-13-6-9-24(21)36/h2-3,7-8,10-11,16,19,21,24-25H,4-6,9,12-15,17-18H2,1H3,(H,31,37)(H,32,33,34)/t21-,24+,25-/m1/s1. The minimum atomic E-state index is -0.207. The van der Waals surface area contributed by atoms with Crippen LogP contribution in [-0.4, -0.2) is 82.7 Å². The largest absolute Gasteiger partial charge is 0.493 e. The molecule has 2 amide bonds. The molecule has 4 heterocycles. The highest BCUT2D eigenvalue weighted by molar-refractivity contribution is 6.01. The predicted octanol–water partition coefficient (Wildman–Crippen LogP) is 3.44. The van der Waals surface area contributed by atoms with E-state index < -0.39 is 0 Å². The van der Waals surface area contributed by atoms with E-state index in [0.717, 1.165) is 43.7 Å². The van der Waals surface area contributed by atoms with Crippen LogP contribution in [0.1, 0.15) is 54.1 Å². The number of hydrogen-bond donors (Lipinski definition) is 2. The normalized spacial score (nSPS) is 23.8. The van der Waals surface area contributed by atoms with Crippen LogP contribution in [0.2, 0.25) is 0 Å². The average molecular weight is 545 g/mol. The van der Waals surface area contributed by atoms with Gasteiger partial charge in [0.05, 0.1) is 25.8 Å². The van der Waals surface area contributed by atoms with Crippen molar-refractivity contribution >= 4 is 11.8 Å². The molecule has 6 rings (SSSR count). The van der Waals surface area contributed by atoms with Crippen molar-refractivity contribution in [2.45, 2.75) is 44.2 Å². The molecule has 40 heavy (non-hydrogen) atoms. The molecule has 4 bridgehead atoms. The lowest BCUT2D eigenvalue weighted by Crippen LogP contribution is -2.43. The summed E-state index contributed by atoms with van der Waals surface area (Å²) in [5, 5.41) is 9.95. The highest BCUT2D eigenvalue weighted by Crippen LogP contribution is 2.46. The lowest BCUT2D eigenvalue weighted by molar-refractivity contribution is -0.122. The summed E-state index contributed by atoms with van der Waals surface area (Å²) in [5.41, 5.74) is 2.39. The maximum Gasteiger partial charge on any atom is 0.255 e. The Morgan fingerprint density at radius 2 is 2.02 bits per heavy atom. The van der Waals surface area contributed by atoms with E-state index in [0.29, 0.717) is 61.1 Å². The number of aromatic amines is 1. The van der Waals surface area contributed by atoms with Crippen LogP contribution in [-0.2, 0) is 4.79 Å². The van der Waals surface area contributed by atoms with Gasteiger partial charge >= 0.3 is 0 Å². The van der Waals surface area contributed by atoms with Gasteiger partial charge in [-0.15, -0.1) is 0 Å². The minimum absolute atomic E-state index is 0.00181. The Morgan fingerprint density at radius 3 is 2.88 bits per heavy atom. The number of methoxy groups -OCH3 is 1. The second-order valence-electron chi connectivity index (χ2n) is 10.8. The van der Waals surface area contributed by atoms with Gasteiger partial charge in [-0.2, -0.15) is 5.10 Å². The number of rotatable bonds is 3. The summed E-state index contributed by atoms with van der Waals surface area (Å²) >= 11 is 0. The van der Waals surface area contributed by atoms with Crippen molar-refractivity contribution in [1.29, 1.82) is 0 Å². The Kier molecular flexibility index (Phi) is 7.68. The van der Waals surface area contributed by atoms with Crippen molar-refractivity contribution in [2.24, 2.45) is 5.92 Å². The van der Waals surface area contributed by atoms with Gasteiger partial charge in [0.2, 0.25) is 5.91 Å². The molecule has 10 heteroatoms. The minimum Gasteiger partial charge on any atom is -0.493 e. The van der Waals surface area contributed by atoms with E-state index >= 15 is 0 Å². The number of nitrogens with zero attached hydrogens (tertiary/aromatic N) is 4. The molecule has 2 aromatic carbocycles. The third-order valence-electron chi connectivity index (χ3n) is 8.48. The van der Waals surface area contributed by atoms with E-state index in [4.69, 9.17) is 9.47 Å². The van der Waals surface area contributed by atoms with Crippen molar-refractivity contribution in [2.75, 3.05) is 39.9 Å². The second kappa shape index (κ2) is 11.7. The Morgan fingerprint density at radius 1 is 1.12 bits per heavy atom. The number of H-pyrrole nitrogens is 1. The van der Waals surface area contributed by atoms with Gasteiger partial charge in [0.1, 0.15) is 6.33 Å². The van der Waals surface area contributed by atoms with Gasteiger partial charge in [-0.05, 0) is 68.3 Å². The maximum absolute atomic E-state index is 13.8. The van der Waals surface area contributed by atoms with Crippen molar-refractivity contribution < 1.29 is 19.1 Å². The van der Waals surface area contributed by atoms with Crippen molar-refractivity contribution in [1.82, 2.24) is 30.3 Å². The number of carbonyl (C=O) groups excluding carboxylic acids is 2. The number of amides is 2. The fraction of sp³-hybridized carbons (Fsp3) is 0.467. The van der Waals surface area contributed by atoms with Crippen LogP contribution in [0.4, 0.5) is 0 Å². The van der Waals surface area contributed by atoms with Crippen LogP contribution >= 0.6 is 0 Å². The van der Waals surface area contributed by atoms with Crippen LogP contribution in [0.15, 0.2) is 48.8 Å². The van der Waals surface area contributed by atoms with Gasteiger partial charge in [0.15, 0.2) is 17.3 Å². The molecule has 0 saturated carbocycles. The quantitative estimate of drug-likeness (QED) is 0.520. The van der Waals surface area contributed by atoms with Crippen molar-refractivity contribution in [3.63, 3.8) is 0 Å². The van der Waals surface area contributed by atoms with Crippen molar-refractivity contribution in [3.05, 3.63) is 59.9 Å². The number of aromatic nitrogens is 3. The zero-order chi connectivity index (χ0) is 27.5. The topological polar surface area (TPSA) is 113 Å². The zero-order valence-electron chi connectivity index (χ0n) is 22.8. The number of carbonyl (C=O) groups is 2. The molecule has 0 radical (unpaired) electrons. The van der Waals surface area contributed by atoms with Crippen LogP contribution in [0.3, 0.4) is 0 Å². The highest BCUT2D eigenvalue weighted by Gasteiger charge is 2.44. The Balaban J connectivity index is 1.25. The number of fused-ring (bicyclic) bond motifs is 8. The first-order chi connectivity index (χ1) is 19.6. The summed E-state index contributed by atoms with van der Waals surface area (Å²) in [6.07, 6.45) is 6.11. The molecule has 2 N–H and O–H groups in total. The first-order valence-corrected chi connectivity index (χ1v) is 14.2. The highest BCUT2D eigenvalue weighted by atomic mass is 16.5. The van der Waals surface area contributed by atoms with E-state index in [1.165, 1.54) is 11.9 Å². The first kappa shape index (κ1) is 26.3. The lowest BCUT2D eigenvalue weighted by Gasteiger charge is -2.25. The molecule has 2 fully saturated rings. The molecule has 0 aliphatic carbocycles. The van der Waals surface area contributed by atoms with Gasteiger partial charge in [0.25, 0.3) is 5.91 Å². The molecule has 3 atom stereocenters. The van der Waals surface area contributed by atoms with Crippen LogP contribution in [0.25, 0.3) is 11.4 Å². The molecule has 0 unspecified atom stereocenters. The van der Waals surface area contributed by atoms with Gasteiger partial charge < -0.3 is 19.7 Å². The Hall–Kier alpha value is -3.92. The first-order valence-electron chi connectivity index (χ1n) is 14.2. The Bertz CT molecular complexity index is 1350. The second-order valence-corrected chi connectivity index (χ2v) is 10.8. The van der Waals surface area contributed by atoms with E-state index in [1.807, 2.05) is 24.3 Å². The average Bonchev–Trinajstić information content (AvgIpc) is 3.74. The molecule has 1 aromatic heterocycles. The summed E-state index contributed by atoms with van der Waals surface area (Å²) in [5.74, 6) is 2.02. The maximum atomic E-state index is 13.8. The summed E-state index contributed by atoms with van der Waals surface area (Å²) in [6, 6.07) is 14.3. The van der Waals surface area contributed by atoms with Gasteiger partial charge in [-0.3, -0.25) is 19.6 Å². The molecular formula is C30H36N6O4. The zero-order valence-corrected chi connectivity index (χ0v) is 22.8. The summed E-state index contributed by atoms with van der Waals surface area (Å²) in [7, 11) is 1.67. The summed E-state index contributed by atoms with van der Waals surface area (Å²) < 4.78 is 11.8. The smallest absolute Gasteiger partial charge is 0.255 e.